The summed E-state index contributed by atoms with van der Waals surface area (Å²) >= 11 is 0. The molecule has 5 nitrogen and oxygen atoms in total. The van der Waals surface area contributed by atoms with E-state index in [0.29, 0.717) is 12.0 Å². The minimum absolute atomic E-state index is 0.568. The van der Waals surface area contributed by atoms with Crippen LogP contribution >= 0.6 is 0 Å². The summed E-state index contributed by atoms with van der Waals surface area (Å²) in [4.78, 5) is 9.83. The van der Waals surface area contributed by atoms with Crippen LogP contribution < -0.4 is 0 Å². The van der Waals surface area contributed by atoms with Crippen molar-refractivity contribution in [3.63, 3.8) is 0 Å². The third-order valence-corrected chi connectivity index (χ3v) is 4.83. The van der Waals surface area contributed by atoms with E-state index in [2.05, 4.69) is 35.3 Å². The highest BCUT2D eigenvalue weighted by Gasteiger charge is 2.27. The van der Waals surface area contributed by atoms with Crippen LogP contribution in [0.5, 0.6) is 0 Å². The van der Waals surface area contributed by atoms with E-state index in [1.165, 1.54) is 31.8 Å². The van der Waals surface area contributed by atoms with E-state index in [-0.39, 0.29) is 0 Å². The largest absolute Gasteiger partial charge is 0.301 e. The second kappa shape index (κ2) is 5.82. The molecule has 0 N–H and O–H groups in total. The fourth-order valence-electron chi connectivity index (χ4n) is 3.32. The second-order valence-corrected chi connectivity index (χ2v) is 6.38. The Hall–Kier alpha value is -0.940. The van der Waals surface area contributed by atoms with Crippen LogP contribution in [0.3, 0.4) is 0 Å². The number of likely N-dealkylation sites (tertiary alicyclic amines) is 1. The first kappa shape index (κ1) is 14.0. The van der Waals surface area contributed by atoms with Crippen molar-refractivity contribution in [1.29, 1.82) is 0 Å². The molecule has 112 valence electrons. The zero-order valence-corrected chi connectivity index (χ0v) is 13.0. The molecule has 1 saturated heterocycles. The summed E-state index contributed by atoms with van der Waals surface area (Å²) in [6, 6.07) is 0.664. The number of piperidine rings is 1. The number of nitrogens with zero attached hydrogens (tertiary/aromatic N) is 5. The standard InChI is InChI=1S/C15H27N5/c1-4-18-9-10-20-14(11-18)16-15(17-20)13-5-7-19(8-6-13)12(2)3/h12-13H,4-11H2,1-3H3. The number of rotatable bonds is 3. The van der Waals surface area contributed by atoms with E-state index in [4.69, 9.17) is 10.1 Å². The molecule has 2 aliphatic heterocycles. The smallest absolute Gasteiger partial charge is 0.154 e. The molecule has 0 radical (unpaired) electrons. The van der Waals surface area contributed by atoms with E-state index in [1.54, 1.807) is 0 Å². The van der Waals surface area contributed by atoms with Gasteiger partial charge in [-0.3, -0.25) is 4.90 Å². The lowest BCUT2D eigenvalue weighted by Crippen LogP contribution is -2.38. The van der Waals surface area contributed by atoms with Crippen molar-refractivity contribution < 1.29 is 0 Å². The Morgan fingerprint density at radius 2 is 1.90 bits per heavy atom. The lowest BCUT2D eigenvalue weighted by atomic mass is 9.95. The van der Waals surface area contributed by atoms with Crippen molar-refractivity contribution in [3.8, 4) is 0 Å². The summed E-state index contributed by atoms with van der Waals surface area (Å²) in [5, 5.41) is 4.77. The van der Waals surface area contributed by atoms with Gasteiger partial charge < -0.3 is 4.90 Å². The average Bonchev–Trinajstić information content (AvgIpc) is 2.90. The lowest BCUT2D eigenvalue weighted by molar-refractivity contribution is 0.169. The van der Waals surface area contributed by atoms with E-state index in [1.807, 2.05) is 0 Å². The molecule has 0 aliphatic carbocycles. The Morgan fingerprint density at radius 3 is 2.55 bits per heavy atom. The van der Waals surface area contributed by atoms with Crippen LogP contribution in [0.25, 0.3) is 0 Å². The van der Waals surface area contributed by atoms with Gasteiger partial charge in [-0.25, -0.2) is 9.67 Å². The molecule has 0 aromatic carbocycles. The maximum Gasteiger partial charge on any atom is 0.154 e. The summed E-state index contributed by atoms with van der Waals surface area (Å²) in [5.74, 6) is 2.83. The highest BCUT2D eigenvalue weighted by atomic mass is 15.4. The Balaban J connectivity index is 1.66. The topological polar surface area (TPSA) is 37.2 Å². The van der Waals surface area contributed by atoms with Gasteiger partial charge in [0.05, 0.1) is 13.1 Å². The molecule has 5 heteroatoms. The minimum Gasteiger partial charge on any atom is -0.301 e. The maximum absolute atomic E-state index is 4.83. The number of hydrogen-bond donors (Lipinski definition) is 0. The fourth-order valence-corrected chi connectivity index (χ4v) is 3.32. The van der Waals surface area contributed by atoms with Gasteiger partial charge in [-0.05, 0) is 46.3 Å². The first-order valence-corrected chi connectivity index (χ1v) is 8.07. The number of aromatic nitrogens is 3. The van der Waals surface area contributed by atoms with Crippen molar-refractivity contribution in [2.24, 2.45) is 0 Å². The Kier molecular flexibility index (Phi) is 4.08. The van der Waals surface area contributed by atoms with Gasteiger partial charge >= 0.3 is 0 Å². The first-order chi connectivity index (χ1) is 9.67. The summed E-state index contributed by atoms with van der Waals surface area (Å²) in [6.45, 7) is 13.3. The molecule has 1 fully saturated rings. The minimum atomic E-state index is 0.568. The van der Waals surface area contributed by atoms with Crippen LogP contribution in [0.15, 0.2) is 0 Å². The molecular formula is C15H27N5. The molecule has 2 aliphatic rings. The molecule has 1 aromatic heterocycles. The molecule has 0 amide bonds. The molecule has 0 atom stereocenters. The van der Waals surface area contributed by atoms with Gasteiger partial charge in [0, 0.05) is 18.5 Å². The fraction of sp³-hybridized carbons (Fsp3) is 0.867. The quantitative estimate of drug-likeness (QED) is 0.843. The molecule has 3 heterocycles. The zero-order chi connectivity index (χ0) is 14.1. The molecule has 0 bridgehead atoms. The molecule has 3 rings (SSSR count). The molecule has 0 saturated carbocycles. The van der Waals surface area contributed by atoms with Crippen molar-refractivity contribution >= 4 is 0 Å². The lowest BCUT2D eigenvalue weighted by Gasteiger charge is -2.33. The van der Waals surface area contributed by atoms with Crippen LogP contribution in [-0.4, -0.2) is 56.8 Å². The van der Waals surface area contributed by atoms with Crippen molar-refractivity contribution in [1.82, 2.24) is 24.6 Å². The molecule has 1 aromatic rings. The second-order valence-electron chi connectivity index (χ2n) is 6.38. The van der Waals surface area contributed by atoms with Crippen molar-refractivity contribution in [2.75, 3.05) is 26.2 Å². The Bertz CT molecular complexity index is 445. The first-order valence-electron chi connectivity index (χ1n) is 8.07. The maximum atomic E-state index is 4.83. The van der Waals surface area contributed by atoms with Gasteiger partial charge in [0.2, 0.25) is 0 Å². The van der Waals surface area contributed by atoms with Crippen LogP contribution in [0.1, 0.15) is 51.2 Å². The Labute approximate surface area is 122 Å². The van der Waals surface area contributed by atoms with E-state index in [9.17, 15) is 0 Å². The molecule has 20 heavy (non-hydrogen) atoms. The zero-order valence-electron chi connectivity index (χ0n) is 13.0. The van der Waals surface area contributed by atoms with Crippen LogP contribution in [0, 0.1) is 0 Å². The average molecular weight is 277 g/mol. The van der Waals surface area contributed by atoms with Gasteiger partial charge in [0.15, 0.2) is 5.82 Å². The van der Waals surface area contributed by atoms with Gasteiger partial charge in [-0.15, -0.1) is 0 Å². The van der Waals surface area contributed by atoms with Crippen molar-refractivity contribution in [3.05, 3.63) is 11.6 Å². The van der Waals surface area contributed by atoms with Crippen LogP contribution in [0.4, 0.5) is 0 Å². The van der Waals surface area contributed by atoms with Crippen LogP contribution in [0.2, 0.25) is 0 Å². The highest BCUT2D eigenvalue weighted by molar-refractivity contribution is 5.03. The summed E-state index contributed by atoms with van der Waals surface area (Å²) < 4.78 is 2.14. The molecule has 0 unspecified atom stereocenters. The number of fused-ring (bicyclic) bond motifs is 1. The van der Waals surface area contributed by atoms with E-state index >= 15 is 0 Å². The molecular weight excluding hydrogens is 250 g/mol. The SMILES string of the molecule is CCN1CCn2nc(C3CCN(C(C)C)CC3)nc2C1. The van der Waals surface area contributed by atoms with Crippen LogP contribution in [-0.2, 0) is 13.1 Å². The third kappa shape index (κ3) is 2.74. The summed E-state index contributed by atoms with van der Waals surface area (Å²) in [5.41, 5.74) is 0. The van der Waals surface area contributed by atoms with E-state index < -0.39 is 0 Å². The predicted octanol–water partition coefficient (Wildman–Crippen LogP) is 1.70. The van der Waals surface area contributed by atoms with Gasteiger partial charge in [0.1, 0.15) is 5.82 Å². The third-order valence-electron chi connectivity index (χ3n) is 4.83. The number of likely N-dealkylation sites (N-methyl/N-ethyl adjacent to an activating group) is 1. The van der Waals surface area contributed by atoms with Gasteiger partial charge in [-0.1, -0.05) is 6.92 Å². The highest BCUT2D eigenvalue weighted by Crippen LogP contribution is 2.27. The van der Waals surface area contributed by atoms with Gasteiger partial charge in [-0.2, -0.15) is 5.10 Å². The monoisotopic (exact) mass is 277 g/mol. The van der Waals surface area contributed by atoms with Crippen molar-refractivity contribution in [2.45, 2.75) is 58.7 Å². The Morgan fingerprint density at radius 1 is 1.15 bits per heavy atom. The normalized spacial score (nSPS) is 22.4. The van der Waals surface area contributed by atoms with Gasteiger partial charge in [0.25, 0.3) is 0 Å². The number of hydrogen-bond acceptors (Lipinski definition) is 4. The summed E-state index contributed by atoms with van der Waals surface area (Å²) in [7, 11) is 0. The predicted molar refractivity (Wildman–Crippen MR) is 79.7 cm³/mol. The van der Waals surface area contributed by atoms with E-state index in [0.717, 1.165) is 32.0 Å². The summed E-state index contributed by atoms with van der Waals surface area (Å²) in [6.07, 6.45) is 2.41. The molecule has 0 spiro atoms.